The van der Waals surface area contributed by atoms with Gasteiger partial charge in [-0.15, -0.1) is 0 Å². The zero-order valence-corrected chi connectivity index (χ0v) is 12.6. The van der Waals surface area contributed by atoms with E-state index in [1.54, 1.807) is 32.6 Å². The summed E-state index contributed by atoms with van der Waals surface area (Å²) in [5.74, 6) is 1.12. The number of Topliss-reactive ketones (excluding diaryl/α,β-unsaturated/α-hetero) is 1. The molecule has 0 aliphatic carbocycles. The van der Waals surface area contributed by atoms with Crippen LogP contribution in [0.2, 0.25) is 0 Å². The number of carbonyl (C=O) groups is 1. The molecule has 21 heavy (non-hydrogen) atoms. The Kier molecular flexibility index (Phi) is 4.42. The fourth-order valence-electron chi connectivity index (χ4n) is 1.89. The Hall–Kier alpha value is -2.57. The van der Waals surface area contributed by atoms with Crippen LogP contribution in [0.1, 0.15) is 28.5 Å². The zero-order valence-electron chi connectivity index (χ0n) is 12.6. The molecule has 0 fully saturated rings. The van der Waals surface area contributed by atoms with Gasteiger partial charge in [0.1, 0.15) is 0 Å². The van der Waals surface area contributed by atoms with Crippen molar-refractivity contribution in [3.05, 3.63) is 35.4 Å². The SMILES string of the molecule is CNc1ncc(CN(C)c2ncc(C(C)=O)c(C)n2)cn1. The van der Waals surface area contributed by atoms with Gasteiger partial charge in [0.2, 0.25) is 11.9 Å². The molecule has 0 saturated heterocycles. The summed E-state index contributed by atoms with van der Waals surface area (Å²) < 4.78 is 0. The lowest BCUT2D eigenvalue weighted by Crippen LogP contribution is -2.20. The smallest absolute Gasteiger partial charge is 0.225 e. The normalized spacial score (nSPS) is 10.3. The van der Waals surface area contributed by atoms with Crippen LogP contribution in [0.5, 0.6) is 0 Å². The summed E-state index contributed by atoms with van der Waals surface area (Å²) in [6, 6.07) is 0. The van der Waals surface area contributed by atoms with Crippen molar-refractivity contribution in [2.45, 2.75) is 20.4 Å². The first-order valence-corrected chi connectivity index (χ1v) is 6.55. The van der Waals surface area contributed by atoms with Gasteiger partial charge >= 0.3 is 0 Å². The molecular formula is C14H18N6O. The molecule has 0 atom stereocenters. The molecule has 0 aromatic carbocycles. The van der Waals surface area contributed by atoms with E-state index in [2.05, 4.69) is 25.3 Å². The largest absolute Gasteiger partial charge is 0.357 e. The highest BCUT2D eigenvalue weighted by molar-refractivity contribution is 5.94. The minimum Gasteiger partial charge on any atom is -0.357 e. The maximum Gasteiger partial charge on any atom is 0.225 e. The van der Waals surface area contributed by atoms with Crippen LogP contribution in [-0.4, -0.2) is 39.8 Å². The minimum atomic E-state index is -0.0299. The van der Waals surface area contributed by atoms with Crippen LogP contribution in [0.4, 0.5) is 11.9 Å². The van der Waals surface area contributed by atoms with E-state index in [1.807, 2.05) is 11.9 Å². The lowest BCUT2D eigenvalue weighted by Gasteiger charge is -2.17. The molecule has 0 radical (unpaired) electrons. The van der Waals surface area contributed by atoms with E-state index in [-0.39, 0.29) is 5.78 Å². The van der Waals surface area contributed by atoms with Gasteiger partial charge in [0, 0.05) is 44.8 Å². The van der Waals surface area contributed by atoms with E-state index in [0.29, 0.717) is 29.7 Å². The highest BCUT2D eigenvalue weighted by atomic mass is 16.1. The maximum atomic E-state index is 11.4. The van der Waals surface area contributed by atoms with E-state index >= 15 is 0 Å². The summed E-state index contributed by atoms with van der Waals surface area (Å²) in [7, 11) is 3.66. The number of aryl methyl sites for hydroxylation is 1. The number of nitrogens with zero attached hydrogens (tertiary/aromatic N) is 5. The first-order valence-electron chi connectivity index (χ1n) is 6.55. The van der Waals surface area contributed by atoms with Gasteiger partial charge < -0.3 is 10.2 Å². The second kappa shape index (κ2) is 6.25. The van der Waals surface area contributed by atoms with Gasteiger partial charge in [0.15, 0.2) is 5.78 Å². The number of anilines is 2. The quantitative estimate of drug-likeness (QED) is 0.833. The Morgan fingerprint density at radius 3 is 2.43 bits per heavy atom. The number of nitrogens with one attached hydrogen (secondary N) is 1. The molecule has 7 nitrogen and oxygen atoms in total. The number of rotatable bonds is 5. The number of hydrogen-bond donors (Lipinski definition) is 1. The third-order valence-electron chi connectivity index (χ3n) is 3.04. The Balaban J connectivity index is 2.14. The molecular weight excluding hydrogens is 268 g/mol. The average molecular weight is 286 g/mol. The van der Waals surface area contributed by atoms with E-state index in [1.165, 1.54) is 6.92 Å². The van der Waals surface area contributed by atoms with Crippen LogP contribution in [0.25, 0.3) is 0 Å². The van der Waals surface area contributed by atoms with Gasteiger partial charge in [-0.3, -0.25) is 4.79 Å². The van der Waals surface area contributed by atoms with Gasteiger partial charge in [-0.2, -0.15) is 0 Å². The van der Waals surface area contributed by atoms with Crippen molar-refractivity contribution in [2.24, 2.45) is 0 Å². The molecule has 0 unspecified atom stereocenters. The van der Waals surface area contributed by atoms with Gasteiger partial charge in [-0.25, -0.2) is 19.9 Å². The number of carbonyl (C=O) groups excluding carboxylic acids is 1. The van der Waals surface area contributed by atoms with E-state index in [9.17, 15) is 4.79 Å². The van der Waals surface area contributed by atoms with Crippen LogP contribution < -0.4 is 10.2 Å². The molecule has 0 amide bonds. The minimum absolute atomic E-state index is 0.0299. The summed E-state index contributed by atoms with van der Waals surface area (Å²) in [6.45, 7) is 3.90. The fraction of sp³-hybridized carbons (Fsp3) is 0.357. The Labute approximate surface area is 123 Å². The van der Waals surface area contributed by atoms with Crippen molar-refractivity contribution in [3.8, 4) is 0 Å². The molecule has 7 heteroatoms. The Morgan fingerprint density at radius 1 is 1.24 bits per heavy atom. The molecule has 0 aliphatic heterocycles. The highest BCUT2D eigenvalue weighted by Gasteiger charge is 2.11. The Morgan fingerprint density at radius 2 is 1.90 bits per heavy atom. The van der Waals surface area contributed by atoms with Gasteiger partial charge in [-0.1, -0.05) is 0 Å². The first kappa shape index (κ1) is 14.8. The van der Waals surface area contributed by atoms with Crippen LogP contribution in [0.15, 0.2) is 18.6 Å². The molecule has 0 bridgehead atoms. The second-order valence-corrected chi connectivity index (χ2v) is 4.75. The molecule has 2 aromatic rings. The summed E-state index contributed by atoms with van der Waals surface area (Å²) in [6.07, 6.45) is 5.08. The average Bonchev–Trinajstić information content (AvgIpc) is 2.47. The van der Waals surface area contributed by atoms with Crippen molar-refractivity contribution in [1.29, 1.82) is 0 Å². The fourth-order valence-corrected chi connectivity index (χ4v) is 1.89. The molecule has 0 spiro atoms. The lowest BCUT2D eigenvalue weighted by atomic mass is 10.2. The third kappa shape index (κ3) is 3.50. The van der Waals surface area contributed by atoms with Crippen LogP contribution >= 0.6 is 0 Å². The maximum absolute atomic E-state index is 11.4. The van der Waals surface area contributed by atoms with Crippen molar-refractivity contribution in [2.75, 3.05) is 24.3 Å². The van der Waals surface area contributed by atoms with Gasteiger partial charge in [-0.05, 0) is 13.8 Å². The van der Waals surface area contributed by atoms with Crippen molar-refractivity contribution >= 4 is 17.7 Å². The molecule has 2 heterocycles. The van der Waals surface area contributed by atoms with Gasteiger partial charge in [0.05, 0.1) is 11.3 Å². The van der Waals surface area contributed by atoms with Gasteiger partial charge in [0.25, 0.3) is 0 Å². The molecule has 2 aromatic heterocycles. The number of aromatic nitrogens is 4. The predicted molar refractivity (Wildman–Crippen MR) is 80.5 cm³/mol. The van der Waals surface area contributed by atoms with E-state index in [4.69, 9.17) is 0 Å². The van der Waals surface area contributed by atoms with Crippen molar-refractivity contribution in [1.82, 2.24) is 19.9 Å². The standard InChI is InChI=1S/C14H18N6O/c1-9-12(10(2)21)7-18-14(19-9)20(4)8-11-5-16-13(15-3)17-6-11/h5-7H,8H2,1-4H3,(H,15,16,17). The lowest BCUT2D eigenvalue weighted by molar-refractivity contribution is 0.101. The van der Waals surface area contributed by atoms with Crippen LogP contribution in [0.3, 0.4) is 0 Å². The summed E-state index contributed by atoms with van der Waals surface area (Å²) >= 11 is 0. The summed E-state index contributed by atoms with van der Waals surface area (Å²) in [4.78, 5) is 30.2. The summed E-state index contributed by atoms with van der Waals surface area (Å²) in [5.41, 5.74) is 2.18. The van der Waals surface area contributed by atoms with Crippen LogP contribution in [0, 0.1) is 6.92 Å². The molecule has 0 aliphatic rings. The van der Waals surface area contributed by atoms with E-state index in [0.717, 1.165) is 5.56 Å². The molecule has 0 saturated carbocycles. The monoisotopic (exact) mass is 286 g/mol. The third-order valence-corrected chi connectivity index (χ3v) is 3.04. The van der Waals surface area contributed by atoms with Crippen molar-refractivity contribution in [3.63, 3.8) is 0 Å². The van der Waals surface area contributed by atoms with Crippen molar-refractivity contribution < 1.29 is 4.79 Å². The topological polar surface area (TPSA) is 83.9 Å². The molecule has 1 N–H and O–H groups in total. The number of hydrogen-bond acceptors (Lipinski definition) is 7. The predicted octanol–water partition coefficient (Wildman–Crippen LogP) is 1.46. The second-order valence-electron chi connectivity index (χ2n) is 4.75. The Bertz CT molecular complexity index is 640. The van der Waals surface area contributed by atoms with E-state index < -0.39 is 0 Å². The molecule has 2 rings (SSSR count). The summed E-state index contributed by atoms with van der Waals surface area (Å²) in [5, 5.41) is 2.87. The molecule has 110 valence electrons. The highest BCUT2D eigenvalue weighted by Crippen LogP contribution is 2.13. The number of ketones is 1. The van der Waals surface area contributed by atoms with Crippen LogP contribution in [-0.2, 0) is 6.54 Å². The first-order chi connectivity index (χ1) is 10.0. The zero-order chi connectivity index (χ0) is 15.4.